The number of aromatic nitrogens is 1. The third kappa shape index (κ3) is 4.63. The molecule has 13 aromatic rings. The monoisotopic (exact) mass is 775 g/mol. The summed E-state index contributed by atoms with van der Waals surface area (Å²) in [6.45, 7) is 0. The molecular weight excluding hydrogens is 743 g/mol. The molecule has 10 aromatic carbocycles. The minimum atomic E-state index is 0.884. The molecule has 0 unspecified atom stereocenters. The minimum absolute atomic E-state index is 0.884. The van der Waals surface area contributed by atoms with E-state index >= 15 is 0 Å². The summed E-state index contributed by atoms with van der Waals surface area (Å²) in [5, 5.41) is 9.57. The molecule has 0 saturated carbocycles. The van der Waals surface area contributed by atoms with E-state index in [9.17, 15) is 0 Å². The first kappa shape index (κ1) is 32.8. The molecule has 0 fully saturated rings. The SMILES string of the molecule is c1ccc2c(c1)-c1cccc3c(-c4ccc5oc6ccc(-n7c8ccccc8c8cc(-c9ccc(-c%10cccc%11c%10oc%10ccccc%10%11)cc9)ccc87)cc6c5c4)ccc-2c13. The van der Waals surface area contributed by atoms with Crippen LogP contribution in [-0.4, -0.2) is 4.57 Å². The Morgan fingerprint density at radius 2 is 0.852 bits per heavy atom. The van der Waals surface area contributed by atoms with E-state index in [0.717, 1.165) is 60.7 Å². The lowest BCUT2D eigenvalue weighted by molar-refractivity contribution is 0.669. The first-order chi connectivity index (χ1) is 30.2. The molecule has 0 amide bonds. The van der Waals surface area contributed by atoms with Gasteiger partial charge in [-0.2, -0.15) is 0 Å². The van der Waals surface area contributed by atoms with Gasteiger partial charge >= 0.3 is 0 Å². The van der Waals surface area contributed by atoms with Gasteiger partial charge in [0, 0.05) is 43.6 Å². The van der Waals surface area contributed by atoms with Gasteiger partial charge in [-0.05, 0) is 115 Å². The van der Waals surface area contributed by atoms with Crippen molar-refractivity contribution in [3.63, 3.8) is 0 Å². The van der Waals surface area contributed by atoms with Crippen molar-refractivity contribution in [1.82, 2.24) is 4.57 Å². The number of rotatable bonds is 4. The topological polar surface area (TPSA) is 31.2 Å². The summed E-state index contributed by atoms with van der Waals surface area (Å²) in [5.41, 5.74) is 19.3. The molecule has 14 rings (SSSR count). The van der Waals surface area contributed by atoms with E-state index < -0.39 is 0 Å². The standard InChI is InChI=1S/C58H33NO2/c1-2-10-42-41(9-1)46-15-8-14-45-39(26-27-47(42)57(45)46)37-24-29-55-50(32-37)51-33-38(25-30-56(51)60-55)59-52-17-5-3-11-43(52)49-31-36(23-28-53(49)59)34-19-21-35(22-20-34)40-13-7-16-48-44-12-4-6-18-54(44)61-58(40)48/h1-33H. The minimum Gasteiger partial charge on any atom is -0.456 e. The van der Waals surface area contributed by atoms with Gasteiger partial charge in [-0.1, -0.05) is 146 Å². The third-order valence-electron chi connectivity index (χ3n) is 13.2. The number of hydrogen-bond donors (Lipinski definition) is 0. The lowest BCUT2D eigenvalue weighted by Crippen LogP contribution is -1.93. The van der Waals surface area contributed by atoms with Gasteiger partial charge in [-0.15, -0.1) is 0 Å². The van der Waals surface area contributed by atoms with Crippen LogP contribution in [-0.2, 0) is 0 Å². The average Bonchev–Trinajstić information content (AvgIpc) is 4.07. The molecule has 0 spiro atoms. The molecular formula is C58H33NO2. The summed E-state index contributed by atoms with van der Waals surface area (Å²) in [5.74, 6) is 0. The maximum Gasteiger partial charge on any atom is 0.143 e. The second-order valence-corrected chi connectivity index (χ2v) is 16.4. The summed E-state index contributed by atoms with van der Waals surface area (Å²) < 4.78 is 15.3. The van der Waals surface area contributed by atoms with Gasteiger partial charge in [0.15, 0.2) is 0 Å². The van der Waals surface area contributed by atoms with E-state index in [2.05, 4.69) is 193 Å². The number of para-hydroxylation sites is 3. The quantitative estimate of drug-likeness (QED) is 0.178. The molecule has 61 heavy (non-hydrogen) atoms. The highest BCUT2D eigenvalue weighted by Gasteiger charge is 2.23. The average molecular weight is 776 g/mol. The van der Waals surface area contributed by atoms with Crippen molar-refractivity contribution in [2.45, 2.75) is 0 Å². The molecule has 0 aliphatic heterocycles. The zero-order valence-electron chi connectivity index (χ0n) is 32.8. The van der Waals surface area contributed by atoms with E-state index in [1.54, 1.807) is 0 Å². The van der Waals surface area contributed by atoms with Gasteiger partial charge in [-0.3, -0.25) is 0 Å². The number of benzene rings is 10. The van der Waals surface area contributed by atoms with Crippen LogP contribution in [0.3, 0.4) is 0 Å². The summed E-state index contributed by atoms with van der Waals surface area (Å²) in [6, 6.07) is 72.5. The molecule has 1 aliphatic carbocycles. The van der Waals surface area contributed by atoms with Crippen LogP contribution in [0.25, 0.3) is 138 Å². The van der Waals surface area contributed by atoms with Crippen molar-refractivity contribution >= 4 is 76.5 Å². The molecule has 0 atom stereocenters. The van der Waals surface area contributed by atoms with Gasteiger partial charge in [0.1, 0.15) is 22.3 Å². The zero-order valence-corrected chi connectivity index (χ0v) is 32.8. The molecule has 0 N–H and O–H groups in total. The van der Waals surface area contributed by atoms with Crippen molar-refractivity contribution in [1.29, 1.82) is 0 Å². The van der Waals surface area contributed by atoms with Crippen LogP contribution < -0.4 is 0 Å². The normalized spacial score (nSPS) is 12.3. The van der Waals surface area contributed by atoms with Crippen molar-refractivity contribution in [2.75, 3.05) is 0 Å². The highest BCUT2D eigenvalue weighted by Crippen LogP contribution is 2.49. The summed E-state index contributed by atoms with van der Waals surface area (Å²) in [6.07, 6.45) is 0. The van der Waals surface area contributed by atoms with Crippen molar-refractivity contribution in [3.05, 3.63) is 200 Å². The molecule has 0 bridgehead atoms. The molecule has 0 saturated heterocycles. The predicted octanol–water partition coefficient (Wildman–Crippen LogP) is 16.4. The van der Waals surface area contributed by atoms with E-state index in [1.165, 1.54) is 77.1 Å². The van der Waals surface area contributed by atoms with E-state index in [-0.39, 0.29) is 0 Å². The van der Waals surface area contributed by atoms with E-state index in [4.69, 9.17) is 8.83 Å². The third-order valence-corrected chi connectivity index (χ3v) is 13.2. The summed E-state index contributed by atoms with van der Waals surface area (Å²) in [7, 11) is 0. The zero-order chi connectivity index (χ0) is 39.8. The molecule has 1 aliphatic rings. The van der Waals surface area contributed by atoms with Crippen LogP contribution in [0.4, 0.5) is 0 Å². The van der Waals surface area contributed by atoms with Crippen molar-refractivity contribution < 1.29 is 8.83 Å². The first-order valence-corrected chi connectivity index (χ1v) is 20.9. The number of fused-ring (bicyclic) bond motifs is 12. The van der Waals surface area contributed by atoms with Crippen molar-refractivity contribution in [2.24, 2.45) is 0 Å². The van der Waals surface area contributed by atoms with Crippen LogP contribution >= 0.6 is 0 Å². The molecule has 3 heteroatoms. The Labute approximate surface area is 349 Å². The Morgan fingerprint density at radius 3 is 1.72 bits per heavy atom. The maximum absolute atomic E-state index is 6.49. The lowest BCUT2D eigenvalue weighted by atomic mass is 9.93. The Morgan fingerprint density at radius 1 is 0.279 bits per heavy atom. The Kier molecular flexibility index (Phi) is 6.56. The smallest absolute Gasteiger partial charge is 0.143 e. The molecule has 3 nitrogen and oxygen atoms in total. The van der Waals surface area contributed by atoms with Crippen LogP contribution in [0, 0.1) is 0 Å². The molecule has 3 aromatic heterocycles. The molecule has 3 heterocycles. The second kappa shape index (κ2) is 12.2. The highest BCUT2D eigenvalue weighted by atomic mass is 16.3. The molecule has 0 radical (unpaired) electrons. The Balaban J connectivity index is 0.868. The van der Waals surface area contributed by atoms with Crippen LogP contribution in [0.5, 0.6) is 0 Å². The maximum atomic E-state index is 6.49. The van der Waals surface area contributed by atoms with Crippen LogP contribution in [0.15, 0.2) is 209 Å². The Hall–Kier alpha value is -8.14. The number of hydrogen-bond acceptors (Lipinski definition) is 2. The predicted molar refractivity (Wildman–Crippen MR) is 254 cm³/mol. The fraction of sp³-hybridized carbons (Fsp3) is 0. The van der Waals surface area contributed by atoms with Gasteiger partial charge in [0.25, 0.3) is 0 Å². The highest BCUT2D eigenvalue weighted by molar-refractivity contribution is 6.19. The van der Waals surface area contributed by atoms with Gasteiger partial charge in [-0.25, -0.2) is 0 Å². The van der Waals surface area contributed by atoms with Crippen LogP contribution in [0.2, 0.25) is 0 Å². The largest absolute Gasteiger partial charge is 0.456 e. The lowest BCUT2D eigenvalue weighted by Gasteiger charge is -2.10. The number of nitrogens with zero attached hydrogens (tertiary/aromatic N) is 1. The van der Waals surface area contributed by atoms with Crippen LogP contribution in [0.1, 0.15) is 0 Å². The first-order valence-electron chi connectivity index (χ1n) is 20.9. The van der Waals surface area contributed by atoms with Gasteiger partial charge in [0.2, 0.25) is 0 Å². The fourth-order valence-electron chi connectivity index (χ4n) is 10.4. The van der Waals surface area contributed by atoms with E-state index in [0.29, 0.717) is 0 Å². The molecule has 282 valence electrons. The Bertz CT molecular complexity index is 3960. The fourth-order valence-corrected chi connectivity index (χ4v) is 10.4. The van der Waals surface area contributed by atoms with Crippen molar-refractivity contribution in [3.8, 4) is 61.3 Å². The second-order valence-electron chi connectivity index (χ2n) is 16.4. The van der Waals surface area contributed by atoms with Gasteiger partial charge in [0.05, 0.1) is 11.0 Å². The summed E-state index contributed by atoms with van der Waals surface area (Å²) in [4.78, 5) is 0. The number of furan rings is 2. The van der Waals surface area contributed by atoms with Gasteiger partial charge < -0.3 is 13.4 Å². The summed E-state index contributed by atoms with van der Waals surface area (Å²) >= 11 is 0. The van der Waals surface area contributed by atoms with E-state index in [1.807, 2.05) is 12.1 Å².